The SMILES string of the molecule is CC(CO)CCCNC(=O)c1cc(Cl)c2c(c1)OCCO2. The average Bonchev–Trinajstić information content (AvgIpc) is 2.51. The maximum atomic E-state index is 12.1. The Morgan fingerprint density at radius 3 is 2.95 bits per heavy atom. The molecule has 0 saturated heterocycles. The van der Waals surface area contributed by atoms with Crippen LogP contribution in [0.25, 0.3) is 0 Å². The molecular weight excluding hydrogens is 294 g/mol. The van der Waals surface area contributed by atoms with Crippen LogP contribution in [0.5, 0.6) is 11.5 Å². The minimum atomic E-state index is -0.189. The summed E-state index contributed by atoms with van der Waals surface area (Å²) in [5, 5.41) is 12.2. The van der Waals surface area contributed by atoms with Gasteiger partial charge in [-0.05, 0) is 30.9 Å². The minimum Gasteiger partial charge on any atom is -0.486 e. The molecule has 2 N–H and O–H groups in total. The molecule has 0 saturated carbocycles. The molecule has 0 aliphatic carbocycles. The van der Waals surface area contributed by atoms with Gasteiger partial charge in [-0.2, -0.15) is 0 Å². The van der Waals surface area contributed by atoms with Crippen molar-refractivity contribution in [1.29, 1.82) is 0 Å². The van der Waals surface area contributed by atoms with Crippen LogP contribution in [0.1, 0.15) is 30.1 Å². The van der Waals surface area contributed by atoms with Gasteiger partial charge in [0.05, 0.1) is 5.02 Å². The lowest BCUT2D eigenvalue weighted by Crippen LogP contribution is -2.25. The van der Waals surface area contributed by atoms with E-state index in [0.29, 0.717) is 41.8 Å². The van der Waals surface area contributed by atoms with E-state index in [0.717, 1.165) is 12.8 Å². The summed E-state index contributed by atoms with van der Waals surface area (Å²) < 4.78 is 10.9. The Hall–Kier alpha value is -1.46. The van der Waals surface area contributed by atoms with Crippen LogP contribution >= 0.6 is 11.6 Å². The van der Waals surface area contributed by atoms with E-state index >= 15 is 0 Å². The summed E-state index contributed by atoms with van der Waals surface area (Å²) in [4.78, 5) is 12.1. The molecule has 1 aliphatic heterocycles. The van der Waals surface area contributed by atoms with E-state index in [1.165, 1.54) is 0 Å². The lowest BCUT2D eigenvalue weighted by molar-refractivity contribution is 0.0951. The number of halogens is 1. The van der Waals surface area contributed by atoms with Crippen LogP contribution in [-0.2, 0) is 0 Å². The molecule has 1 heterocycles. The Bertz CT molecular complexity index is 507. The molecule has 21 heavy (non-hydrogen) atoms. The van der Waals surface area contributed by atoms with E-state index < -0.39 is 0 Å². The number of nitrogens with one attached hydrogen (secondary N) is 1. The molecular formula is C15H20ClNO4. The molecule has 1 amide bonds. The highest BCUT2D eigenvalue weighted by Crippen LogP contribution is 2.38. The van der Waals surface area contributed by atoms with Crippen molar-refractivity contribution in [3.63, 3.8) is 0 Å². The Kier molecular flexibility index (Phi) is 5.70. The summed E-state index contributed by atoms with van der Waals surface area (Å²) in [5.41, 5.74) is 0.458. The van der Waals surface area contributed by atoms with Gasteiger partial charge in [0.2, 0.25) is 0 Å². The number of fused-ring (bicyclic) bond motifs is 1. The number of aliphatic hydroxyl groups excluding tert-OH is 1. The first-order chi connectivity index (χ1) is 10.1. The normalized spacial score (nSPS) is 14.6. The number of hydrogen-bond acceptors (Lipinski definition) is 4. The molecule has 1 unspecified atom stereocenters. The fourth-order valence-corrected chi connectivity index (χ4v) is 2.35. The lowest BCUT2D eigenvalue weighted by atomic mass is 10.1. The quantitative estimate of drug-likeness (QED) is 0.790. The van der Waals surface area contributed by atoms with Gasteiger partial charge in [-0.3, -0.25) is 4.79 Å². The lowest BCUT2D eigenvalue weighted by Gasteiger charge is -2.20. The van der Waals surface area contributed by atoms with Gasteiger partial charge < -0.3 is 19.9 Å². The molecule has 0 spiro atoms. The van der Waals surface area contributed by atoms with Crippen LogP contribution in [0, 0.1) is 5.92 Å². The molecule has 116 valence electrons. The van der Waals surface area contributed by atoms with Crippen LogP contribution in [0.3, 0.4) is 0 Å². The number of ether oxygens (including phenoxy) is 2. The van der Waals surface area contributed by atoms with Crippen molar-refractivity contribution >= 4 is 17.5 Å². The zero-order chi connectivity index (χ0) is 15.2. The Morgan fingerprint density at radius 1 is 1.43 bits per heavy atom. The smallest absolute Gasteiger partial charge is 0.251 e. The standard InChI is InChI=1S/C15H20ClNO4/c1-10(9-18)3-2-4-17-15(19)11-7-12(16)14-13(8-11)20-5-6-21-14/h7-8,10,18H,2-6,9H2,1H3,(H,17,19). The van der Waals surface area contributed by atoms with E-state index in [9.17, 15) is 4.79 Å². The van der Waals surface area contributed by atoms with E-state index in [2.05, 4.69) is 5.32 Å². The molecule has 6 heteroatoms. The Balaban J connectivity index is 1.92. The van der Waals surface area contributed by atoms with Crippen LogP contribution < -0.4 is 14.8 Å². The fraction of sp³-hybridized carbons (Fsp3) is 0.533. The summed E-state index contributed by atoms with van der Waals surface area (Å²) in [6.07, 6.45) is 1.70. The van der Waals surface area contributed by atoms with Gasteiger partial charge in [-0.15, -0.1) is 0 Å². The predicted octanol–water partition coefficient (Wildman–Crippen LogP) is 2.25. The third-order valence-corrected chi connectivity index (χ3v) is 3.61. The van der Waals surface area contributed by atoms with Gasteiger partial charge in [0.15, 0.2) is 11.5 Å². The Labute approximate surface area is 129 Å². The largest absolute Gasteiger partial charge is 0.486 e. The van der Waals surface area contributed by atoms with Crippen molar-refractivity contribution in [3.8, 4) is 11.5 Å². The predicted molar refractivity (Wildman–Crippen MR) is 80.3 cm³/mol. The number of amides is 1. The van der Waals surface area contributed by atoms with Crippen LogP contribution in [0.2, 0.25) is 5.02 Å². The van der Waals surface area contributed by atoms with Crippen molar-refractivity contribution < 1.29 is 19.4 Å². The number of carbonyl (C=O) groups is 1. The highest BCUT2D eigenvalue weighted by Gasteiger charge is 2.19. The van der Waals surface area contributed by atoms with Crippen molar-refractivity contribution in [1.82, 2.24) is 5.32 Å². The fourth-order valence-electron chi connectivity index (χ4n) is 2.09. The van der Waals surface area contributed by atoms with E-state index in [4.69, 9.17) is 26.2 Å². The third-order valence-electron chi connectivity index (χ3n) is 3.33. The van der Waals surface area contributed by atoms with E-state index in [1.54, 1.807) is 12.1 Å². The average molecular weight is 314 g/mol. The maximum absolute atomic E-state index is 12.1. The van der Waals surface area contributed by atoms with Crippen LogP contribution in [-0.4, -0.2) is 37.4 Å². The summed E-state index contributed by atoms with van der Waals surface area (Å²) in [5.74, 6) is 1.07. The van der Waals surface area contributed by atoms with Gasteiger partial charge in [-0.1, -0.05) is 18.5 Å². The maximum Gasteiger partial charge on any atom is 0.251 e. The van der Waals surface area contributed by atoms with Crippen molar-refractivity contribution in [2.75, 3.05) is 26.4 Å². The molecule has 1 aromatic rings. The first kappa shape index (κ1) is 15.9. The molecule has 1 aliphatic rings. The second-order valence-electron chi connectivity index (χ2n) is 5.17. The molecule has 1 atom stereocenters. The first-order valence-corrected chi connectivity index (χ1v) is 7.47. The third kappa shape index (κ3) is 4.25. The van der Waals surface area contributed by atoms with Gasteiger partial charge in [-0.25, -0.2) is 0 Å². The van der Waals surface area contributed by atoms with Crippen molar-refractivity contribution in [3.05, 3.63) is 22.7 Å². The molecule has 2 rings (SSSR count). The molecule has 0 fully saturated rings. The molecule has 0 aromatic heterocycles. The van der Waals surface area contributed by atoms with E-state index in [-0.39, 0.29) is 18.4 Å². The minimum absolute atomic E-state index is 0.172. The number of carbonyl (C=O) groups excluding carboxylic acids is 1. The summed E-state index contributed by atoms with van der Waals surface area (Å²) in [6.45, 7) is 3.62. The van der Waals surface area contributed by atoms with Gasteiger partial charge in [0, 0.05) is 18.7 Å². The zero-order valence-electron chi connectivity index (χ0n) is 12.0. The number of hydrogen-bond donors (Lipinski definition) is 2. The molecule has 0 radical (unpaired) electrons. The molecule has 0 bridgehead atoms. The Morgan fingerprint density at radius 2 is 2.19 bits per heavy atom. The number of rotatable bonds is 6. The zero-order valence-corrected chi connectivity index (χ0v) is 12.8. The van der Waals surface area contributed by atoms with Crippen LogP contribution in [0.4, 0.5) is 0 Å². The summed E-state index contributed by atoms with van der Waals surface area (Å²) >= 11 is 6.10. The second kappa shape index (κ2) is 7.52. The van der Waals surface area contributed by atoms with Crippen molar-refractivity contribution in [2.45, 2.75) is 19.8 Å². The van der Waals surface area contributed by atoms with Gasteiger partial charge in [0.1, 0.15) is 13.2 Å². The van der Waals surface area contributed by atoms with E-state index in [1.807, 2.05) is 6.92 Å². The topological polar surface area (TPSA) is 67.8 Å². The van der Waals surface area contributed by atoms with Gasteiger partial charge >= 0.3 is 0 Å². The van der Waals surface area contributed by atoms with Crippen LogP contribution in [0.15, 0.2) is 12.1 Å². The second-order valence-corrected chi connectivity index (χ2v) is 5.58. The highest BCUT2D eigenvalue weighted by atomic mass is 35.5. The van der Waals surface area contributed by atoms with Crippen molar-refractivity contribution in [2.24, 2.45) is 5.92 Å². The number of benzene rings is 1. The summed E-state index contributed by atoms with van der Waals surface area (Å²) in [7, 11) is 0. The number of aliphatic hydroxyl groups is 1. The summed E-state index contributed by atoms with van der Waals surface area (Å²) in [6, 6.07) is 3.23. The van der Waals surface area contributed by atoms with Gasteiger partial charge in [0.25, 0.3) is 5.91 Å². The molecule has 1 aromatic carbocycles. The monoisotopic (exact) mass is 313 g/mol. The highest BCUT2D eigenvalue weighted by molar-refractivity contribution is 6.32. The molecule has 5 nitrogen and oxygen atoms in total. The first-order valence-electron chi connectivity index (χ1n) is 7.10.